The number of rotatable bonds is 4. The fourth-order valence-electron chi connectivity index (χ4n) is 2.95. The first-order chi connectivity index (χ1) is 12.0. The van der Waals surface area contributed by atoms with Crippen LogP contribution in [0, 0.1) is 5.82 Å². The summed E-state index contributed by atoms with van der Waals surface area (Å²) in [5.74, 6) is -1.49. The molecule has 0 aliphatic heterocycles. The summed E-state index contributed by atoms with van der Waals surface area (Å²) in [6.07, 6.45) is 3.75. The highest BCUT2D eigenvalue weighted by Gasteiger charge is 2.27. The van der Waals surface area contributed by atoms with Crippen LogP contribution in [0.1, 0.15) is 44.0 Å². The number of fused-ring (bicyclic) bond motifs is 1. The van der Waals surface area contributed by atoms with Crippen molar-refractivity contribution in [1.82, 2.24) is 0 Å². The lowest BCUT2D eigenvalue weighted by molar-refractivity contribution is 0.0601. The summed E-state index contributed by atoms with van der Waals surface area (Å²) in [7, 11) is 2.68. The normalized spacial score (nSPS) is 13.1. The molecule has 1 aliphatic rings. The maximum atomic E-state index is 13.8. The fraction of sp³-hybridized carbons (Fsp3) is 0.333. The van der Waals surface area contributed by atoms with Gasteiger partial charge in [-0.3, -0.25) is 4.79 Å². The molecule has 0 atom stereocenters. The van der Waals surface area contributed by atoms with E-state index in [1.54, 1.807) is 0 Å². The molecule has 25 heavy (non-hydrogen) atoms. The number of methoxy groups -OCH3 is 2. The standard InChI is InChI=1S/C18H18FNO4S/c1-23-13-8-7-10(9-12(13)19)16(21)20-17-15(18(22)24-2)11-5-3-4-6-14(11)25-17/h7-9H,3-6H2,1-2H3,(H,20,21). The highest BCUT2D eigenvalue weighted by atomic mass is 32.1. The van der Waals surface area contributed by atoms with Gasteiger partial charge in [0.05, 0.1) is 19.8 Å². The van der Waals surface area contributed by atoms with Crippen molar-refractivity contribution >= 4 is 28.2 Å². The fourth-order valence-corrected chi connectivity index (χ4v) is 4.23. The van der Waals surface area contributed by atoms with Gasteiger partial charge in [-0.1, -0.05) is 0 Å². The number of esters is 1. The molecule has 1 aromatic carbocycles. The van der Waals surface area contributed by atoms with Crippen molar-refractivity contribution in [3.05, 3.63) is 45.6 Å². The van der Waals surface area contributed by atoms with Gasteiger partial charge in [0.2, 0.25) is 0 Å². The van der Waals surface area contributed by atoms with Crippen molar-refractivity contribution in [2.45, 2.75) is 25.7 Å². The van der Waals surface area contributed by atoms with E-state index >= 15 is 0 Å². The van der Waals surface area contributed by atoms with Gasteiger partial charge in [-0.2, -0.15) is 0 Å². The molecule has 0 radical (unpaired) electrons. The highest BCUT2D eigenvalue weighted by Crippen LogP contribution is 2.38. The molecule has 0 fully saturated rings. The van der Waals surface area contributed by atoms with Crippen LogP contribution in [-0.2, 0) is 17.6 Å². The topological polar surface area (TPSA) is 64.6 Å². The molecule has 2 aromatic rings. The van der Waals surface area contributed by atoms with Crippen molar-refractivity contribution in [2.75, 3.05) is 19.5 Å². The maximum absolute atomic E-state index is 13.8. The molecule has 1 aliphatic carbocycles. The van der Waals surface area contributed by atoms with Gasteiger partial charge in [0.25, 0.3) is 5.91 Å². The summed E-state index contributed by atoms with van der Waals surface area (Å²) in [6, 6.07) is 3.98. The lowest BCUT2D eigenvalue weighted by Gasteiger charge is -2.11. The molecule has 0 spiro atoms. The zero-order valence-corrected chi connectivity index (χ0v) is 14.8. The maximum Gasteiger partial charge on any atom is 0.341 e. The number of ether oxygens (including phenoxy) is 2. The Morgan fingerprint density at radius 3 is 2.64 bits per heavy atom. The van der Waals surface area contributed by atoms with E-state index in [4.69, 9.17) is 9.47 Å². The van der Waals surface area contributed by atoms with Crippen LogP contribution in [0.5, 0.6) is 5.75 Å². The number of hydrogen-bond donors (Lipinski definition) is 1. The SMILES string of the molecule is COC(=O)c1c(NC(=O)c2ccc(OC)c(F)c2)sc2c1CCCC2. The van der Waals surface area contributed by atoms with Crippen molar-refractivity contribution in [3.63, 3.8) is 0 Å². The van der Waals surface area contributed by atoms with Crippen molar-refractivity contribution < 1.29 is 23.5 Å². The van der Waals surface area contributed by atoms with Gasteiger partial charge in [-0.15, -0.1) is 11.3 Å². The van der Waals surface area contributed by atoms with Crippen molar-refractivity contribution in [1.29, 1.82) is 0 Å². The number of hydrogen-bond acceptors (Lipinski definition) is 5. The Labute approximate surface area is 148 Å². The lowest BCUT2D eigenvalue weighted by atomic mass is 9.95. The number of nitrogens with one attached hydrogen (secondary N) is 1. The zero-order chi connectivity index (χ0) is 18.0. The van der Waals surface area contributed by atoms with Crippen molar-refractivity contribution in [3.8, 4) is 5.75 Å². The molecular formula is C18H18FNO4S. The van der Waals surface area contributed by atoms with E-state index in [-0.39, 0.29) is 11.3 Å². The van der Waals surface area contributed by atoms with Crippen LogP contribution >= 0.6 is 11.3 Å². The third-order valence-corrected chi connectivity index (χ3v) is 5.41. The molecule has 0 unspecified atom stereocenters. The largest absolute Gasteiger partial charge is 0.494 e. The monoisotopic (exact) mass is 363 g/mol. The van der Waals surface area contributed by atoms with E-state index in [0.717, 1.165) is 42.2 Å². The first-order valence-electron chi connectivity index (χ1n) is 7.93. The molecule has 0 saturated carbocycles. The Balaban J connectivity index is 1.92. The number of aryl methyl sites for hydroxylation is 1. The number of thiophene rings is 1. The van der Waals surface area contributed by atoms with Crippen molar-refractivity contribution in [2.24, 2.45) is 0 Å². The average molecular weight is 363 g/mol. The minimum Gasteiger partial charge on any atom is -0.494 e. The molecule has 1 N–H and O–H groups in total. The summed E-state index contributed by atoms with van der Waals surface area (Å²) in [6.45, 7) is 0. The minimum atomic E-state index is -0.617. The summed E-state index contributed by atoms with van der Waals surface area (Å²) in [5, 5.41) is 3.19. The molecular weight excluding hydrogens is 345 g/mol. The molecule has 7 heteroatoms. The first-order valence-corrected chi connectivity index (χ1v) is 8.74. The summed E-state index contributed by atoms with van der Waals surface area (Å²) in [5.41, 5.74) is 1.53. The smallest absolute Gasteiger partial charge is 0.341 e. The lowest BCUT2D eigenvalue weighted by Crippen LogP contribution is -2.15. The number of carbonyl (C=O) groups excluding carboxylic acids is 2. The van der Waals surface area contributed by atoms with E-state index in [0.29, 0.717) is 10.6 Å². The predicted molar refractivity (Wildman–Crippen MR) is 93.2 cm³/mol. The molecule has 1 aromatic heterocycles. The van der Waals surface area contributed by atoms with Crippen LogP contribution in [0.3, 0.4) is 0 Å². The number of amides is 1. The second-order valence-corrected chi connectivity index (χ2v) is 6.82. The van der Waals surface area contributed by atoms with Gasteiger partial charge in [0.15, 0.2) is 11.6 Å². The van der Waals surface area contributed by atoms with Crippen LogP contribution in [0.2, 0.25) is 0 Å². The van der Waals surface area contributed by atoms with Gasteiger partial charge in [-0.05, 0) is 49.4 Å². The molecule has 0 bridgehead atoms. The predicted octanol–water partition coefficient (Wildman–Crippen LogP) is 3.81. The Hall–Kier alpha value is -2.41. The molecule has 1 amide bonds. The van der Waals surface area contributed by atoms with Crippen LogP contribution < -0.4 is 10.1 Å². The van der Waals surface area contributed by atoms with Crippen LogP contribution in [-0.4, -0.2) is 26.1 Å². The van der Waals surface area contributed by atoms with E-state index in [1.807, 2.05) is 0 Å². The van der Waals surface area contributed by atoms with E-state index in [1.165, 1.54) is 37.7 Å². The number of carbonyl (C=O) groups is 2. The number of anilines is 1. The summed E-state index contributed by atoms with van der Waals surface area (Å²) < 4.78 is 23.6. The molecule has 132 valence electrons. The van der Waals surface area contributed by atoms with Crippen LogP contribution in [0.25, 0.3) is 0 Å². The van der Waals surface area contributed by atoms with Gasteiger partial charge >= 0.3 is 5.97 Å². The van der Waals surface area contributed by atoms with Gasteiger partial charge < -0.3 is 14.8 Å². The summed E-state index contributed by atoms with van der Waals surface area (Å²) in [4.78, 5) is 25.8. The second kappa shape index (κ2) is 7.23. The van der Waals surface area contributed by atoms with Gasteiger partial charge in [0.1, 0.15) is 5.00 Å². The number of halogens is 1. The highest BCUT2D eigenvalue weighted by molar-refractivity contribution is 7.17. The van der Waals surface area contributed by atoms with E-state index in [9.17, 15) is 14.0 Å². The Bertz CT molecular complexity index is 831. The molecule has 5 nitrogen and oxygen atoms in total. The van der Waals surface area contributed by atoms with E-state index in [2.05, 4.69) is 5.32 Å². The Kier molecular flexibility index (Phi) is 5.03. The van der Waals surface area contributed by atoms with Crippen LogP contribution in [0.4, 0.5) is 9.39 Å². The van der Waals surface area contributed by atoms with Gasteiger partial charge in [-0.25, -0.2) is 9.18 Å². The third-order valence-electron chi connectivity index (χ3n) is 4.20. The molecule has 1 heterocycles. The quantitative estimate of drug-likeness (QED) is 0.839. The zero-order valence-electron chi connectivity index (χ0n) is 14.0. The average Bonchev–Trinajstić information content (AvgIpc) is 2.98. The third kappa shape index (κ3) is 3.37. The molecule has 3 rings (SSSR count). The Morgan fingerprint density at radius 1 is 1.20 bits per heavy atom. The number of benzene rings is 1. The van der Waals surface area contributed by atoms with E-state index < -0.39 is 17.7 Å². The minimum absolute atomic E-state index is 0.0680. The van der Waals surface area contributed by atoms with Crippen LogP contribution in [0.15, 0.2) is 18.2 Å². The molecule has 0 saturated heterocycles. The van der Waals surface area contributed by atoms with Gasteiger partial charge in [0, 0.05) is 10.4 Å². The first kappa shape index (κ1) is 17.4. The second-order valence-electron chi connectivity index (χ2n) is 5.71. The Morgan fingerprint density at radius 2 is 1.96 bits per heavy atom. The summed E-state index contributed by atoms with van der Waals surface area (Å²) >= 11 is 1.39.